The van der Waals surface area contributed by atoms with Gasteiger partial charge in [-0.2, -0.15) is 18.4 Å². The predicted molar refractivity (Wildman–Crippen MR) is 76.1 cm³/mol. The van der Waals surface area contributed by atoms with Crippen molar-refractivity contribution < 1.29 is 22.4 Å². The Morgan fingerprint density at radius 3 is 2.35 bits per heavy atom. The second-order valence-electron chi connectivity index (χ2n) is 6.18. The molecule has 0 aromatic heterocycles. The quantitative estimate of drug-likeness (QED) is 0.778. The maximum absolute atomic E-state index is 14.3. The summed E-state index contributed by atoms with van der Waals surface area (Å²) in [5, 5.41) is 8.80. The smallest absolute Gasteiger partial charge is 0.307 e. The maximum Gasteiger partial charge on any atom is 0.417 e. The van der Waals surface area contributed by atoms with Crippen molar-refractivity contribution in [3.8, 4) is 6.07 Å². The first-order valence-electron chi connectivity index (χ1n) is 7.12. The van der Waals surface area contributed by atoms with Crippen LogP contribution in [0.1, 0.15) is 44.7 Å². The van der Waals surface area contributed by atoms with Crippen LogP contribution in [0.2, 0.25) is 0 Å². The summed E-state index contributed by atoms with van der Waals surface area (Å²) >= 11 is 0. The lowest BCUT2D eigenvalue weighted by atomic mass is 9.97. The van der Waals surface area contributed by atoms with Crippen molar-refractivity contribution in [2.24, 2.45) is 5.41 Å². The first-order valence-corrected chi connectivity index (χ1v) is 7.12. The van der Waals surface area contributed by atoms with Crippen molar-refractivity contribution in [1.29, 1.82) is 5.26 Å². The molecule has 1 aliphatic rings. The minimum atomic E-state index is -4.80. The summed E-state index contributed by atoms with van der Waals surface area (Å²) in [6.07, 6.45) is -3.16. The Morgan fingerprint density at radius 2 is 1.96 bits per heavy atom. The fraction of sp³-hybridized carbons (Fsp3) is 0.500. The molecule has 1 aromatic carbocycles. The van der Waals surface area contributed by atoms with Crippen LogP contribution in [0.4, 0.5) is 23.2 Å². The number of benzene rings is 1. The lowest BCUT2D eigenvalue weighted by Crippen LogP contribution is -2.42. The molecule has 2 rings (SSSR count). The summed E-state index contributed by atoms with van der Waals surface area (Å²) < 4.78 is 53.5. The van der Waals surface area contributed by atoms with Crippen molar-refractivity contribution in [1.82, 2.24) is 0 Å². The van der Waals surface area contributed by atoms with Crippen LogP contribution in [0.15, 0.2) is 12.1 Å². The van der Waals surface area contributed by atoms with Gasteiger partial charge in [-0.05, 0) is 37.3 Å². The van der Waals surface area contributed by atoms with E-state index in [0.717, 1.165) is 17.7 Å². The number of nitrogens with zero attached hydrogens (tertiary/aromatic N) is 2. The van der Waals surface area contributed by atoms with Crippen molar-refractivity contribution in [3.63, 3.8) is 0 Å². The van der Waals surface area contributed by atoms with E-state index in [-0.39, 0.29) is 5.41 Å². The van der Waals surface area contributed by atoms with E-state index in [1.807, 2.05) is 6.92 Å². The fourth-order valence-corrected chi connectivity index (χ4v) is 2.65. The van der Waals surface area contributed by atoms with E-state index in [1.165, 1.54) is 13.0 Å². The minimum Gasteiger partial charge on any atom is -0.307 e. The summed E-state index contributed by atoms with van der Waals surface area (Å²) in [5.41, 5.74) is -2.71. The van der Waals surface area contributed by atoms with Gasteiger partial charge in [-0.25, -0.2) is 4.39 Å². The molecule has 7 heteroatoms. The maximum atomic E-state index is 14.3. The molecule has 3 nitrogen and oxygen atoms in total. The molecule has 0 N–H and O–H groups in total. The lowest BCUT2D eigenvalue weighted by molar-refractivity contribution is -0.137. The number of amides is 1. The molecule has 0 aliphatic heterocycles. The van der Waals surface area contributed by atoms with Crippen LogP contribution in [-0.2, 0) is 11.0 Å². The third-order valence-corrected chi connectivity index (χ3v) is 4.55. The van der Waals surface area contributed by atoms with Crippen molar-refractivity contribution >= 4 is 11.6 Å². The molecular weight excluding hydrogens is 312 g/mol. The fourth-order valence-electron chi connectivity index (χ4n) is 2.65. The van der Waals surface area contributed by atoms with Crippen LogP contribution < -0.4 is 4.90 Å². The highest BCUT2D eigenvalue weighted by Crippen LogP contribution is 2.51. The summed E-state index contributed by atoms with van der Waals surface area (Å²) in [6.45, 7) is 4.78. The molecule has 0 saturated heterocycles. The number of nitriles is 1. The van der Waals surface area contributed by atoms with Crippen LogP contribution >= 0.6 is 0 Å². The van der Waals surface area contributed by atoms with Gasteiger partial charge in [0.2, 0.25) is 5.91 Å². The highest BCUT2D eigenvalue weighted by atomic mass is 19.4. The predicted octanol–water partition coefficient (Wildman–Crippen LogP) is 4.26. The Hall–Kier alpha value is -2.10. The normalized spacial score (nSPS) is 17.3. The topological polar surface area (TPSA) is 44.1 Å². The van der Waals surface area contributed by atoms with Gasteiger partial charge in [0, 0.05) is 13.0 Å². The van der Waals surface area contributed by atoms with Crippen LogP contribution in [0, 0.1) is 22.6 Å². The van der Waals surface area contributed by atoms with Gasteiger partial charge in [-0.1, -0.05) is 6.92 Å². The third-order valence-electron chi connectivity index (χ3n) is 4.55. The summed E-state index contributed by atoms with van der Waals surface area (Å²) in [5.74, 6) is -1.55. The first kappa shape index (κ1) is 17.3. The zero-order chi connectivity index (χ0) is 17.6. The van der Waals surface area contributed by atoms with Gasteiger partial charge in [0.1, 0.15) is 5.82 Å². The molecule has 0 radical (unpaired) electrons. The molecule has 0 bridgehead atoms. The highest BCUT2D eigenvalue weighted by Gasteiger charge is 2.47. The summed E-state index contributed by atoms with van der Waals surface area (Å²) in [7, 11) is 0. The molecule has 0 heterocycles. The van der Waals surface area contributed by atoms with Crippen molar-refractivity contribution in [2.45, 2.75) is 45.8 Å². The monoisotopic (exact) mass is 328 g/mol. The van der Waals surface area contributed by atoms with Gasteiger partial charge in [-0.3, -0.25) is 4.79 Å². The van der Waals surface area contributed by atoms with Gasteiger partial charge >= 0.3 is 6.18 Å². The first-order chi connectivity index (χ1) is 10.5. The van der Waals surface area contributed by atoms with E-state index < -0.39 is 40.8 Å². The Kier molecular flexibility index (Phi) is 4.14. The zero-order valence-corrected chi connectivity index (χ0v) is 13.0. The SMILES string of the molecule is CC(=O)N(c1cc(C(F)(F)F)c(C#N)cc1F)C(C)C1(C)CC1. The van der Waals surface area contributed by atoms with E-state index in [9.17, 15) is 22.4 Å². The van der Waals surface area contributed by atoms with Crippen molar-refractivity contribution in [2.75, 3.05) is 4.90 Å². The molecule has 1 aliphatic carbocycles. The number of hydrogen-bond donors (Lipinski definition) is 0. The zero-order valence-electron chi connectivity index (χ0n) is 13.0. The average molecular weight is 328 g/mol. The van der Waals surface area contributed by atoms with E-state index in [0.29, 0.717) is 12.1 Å². The highest BCUT2D eigenvalue weighted by molar-refractivity contribution is 5.92. The van der Waals surface area contributed by atoms with E-state index in [2.05, 4.69) is 0 Å². The van der Waals surface area contributed by atoms with Crippen molar-refractivity contribution in [3.05, 3.63) is 29.1 Å². The number of anilines is 1. The molecule has 1 fully saturated rings. The summed E-state index contributed by atoms with van der Waals surface area (Å²) in [4.78, 5) is 13.0. The minimum absolute atomic E-state index is 0.232. The average Bonchev–Trinajstić information content (AvgIpc) is 3.18. The second-order valence-corrected chi connectivity index (χ2v) is 6.18. The van der Waals surface area contributed by atoms with Crippen LogP contribution in [0.25, 0.3) is 0 Å². The number of halogens is 4. The Labute approximate surface area is 131 Å². The molecule has 1 saturated carbocycles. The molecule has 124 valence electrons. The van der Waals surface area contributed by atoms with Gasteiger partial charge in [-0.15, -0.1) is 0 Å². The number of alkyl halides is 3. The molecule has 0 spiro atoms. The molecule has 1 unspecified atom stereocenters. The van der Waals surface area contributed by atoms with Crippen LogP contribution in [-0.4, -0.2) is 11.9 Å². The van der Waals surface area contributed by atoms with Crippen LogP contribution in [0.3, 0.4) is 0 Å². The number of carbonyl (C=O) groups excluding carboxylic acids is 1. The van der Waals surface area contributed by atoms with Crippen LogP contribution in [0.5, 0.6) is 0 Å². The van der Waals surface area contributed by atoms with Gasteiger partial charge in [0.25, 0.3) is 0 Å². The molecule has 1 aromatic rings. The van der Waals surface area contributed by atoms with Gasteiger partial charge in [0.15, 0.2) is 0 Å². The van der Waals surface area contributed by atoms with E-state index in [1.54, 1.807) is 6.92 Å². The Morgan fingerprint density at radius 1 is 1.39 bits per heavy atom. The largest absolute Gasteiger partial charge is 0.417 e. The van der Waals surface area contributed by atoms with E-state index >= 15 is 0 Å². The number of rotatable bonds is 3. The molecule has 1 atom stereocenters. The third kappa shape index (κ3) is 3.16. The molecule has 23 heavy (non-hydrogen) atoms. The second kappa shape index (κ2) is 5.52. The Balaban J connectivity index is 2.60. The van der Waals surface area contributed by atoms with Gasteiger partial charge < -0.3 is 4.90 Å². The lowest BCUT2D eigenvalue weighted by Gasteiger charge is -2.33. The molecule has 1 amide bonds. The molecular formula is C16H16F4N2O. The number of hydrogen-bond acceptors (Lipinski definition) is 2. The Bertz CT molecular complexity index is 687. The standard InChI is InChI=1S/C16H16F4N2O/c1-9(15(3)4-5-15)22(10(2)23)14-7-12(16(18,19)20)11(8-21)6-13(14)17/h6-7,9H,4-5H2,1-3H3. The van der Waals surface area contributed by atoms with Gasteiger partial charge in [0.05, 0.1) is 22.9 Å². The van der Waals surface area contributed by atoms with E-state index in [4.69, 9.17) is 5.26 Å². The number of carbonyl (C=O) groups is 1. The summed E-state index contributed by atoms with van der Waals surface area (Å²) in [6, 6.07) is 2.00.